The Labute approximate surface area is 226 Å². The maximum absolute atomic E-state index is 13.1. The summed E-state index contributed by atoms with van der Waals surface area (Å²) in [4.78, 5) is 19.2. The third-order valence-electron chi connectivity index (χ3n) is 6.50. The highest BCUT2D eigenvalue weighted by atomic mass is 32.2. The summed E-state index contributed by atoms with van der Waals surface area (Å²) in [5.74, 6) is 0.782. The third kappa shape index (κ3) is 5.35. The number of nitrogens with zero attached hydrogens (tertiary/aromatic N) is 6. The maximum Gasteiger partial charge on any atom is 0.243 e. The van der Waals surface area contributed by atoms with Crippen molar-refractivity contribution in [1.29, 1.82) is 0 Å². The molecule has 5 rings (SSSR count). The lowest BCUT2D eigenvalue weighted by atomic mass is 10.2. The summed E-state index contributed by atoms with van der Waals surface area (Å²) < 4.78 is 29.4. The van der Waals surface area contributed by atoms with Crippen LogP contribution < -0.4 is 0 Å². The van der Waals surface area contributed by atoms with Crippen LogP contribution in [0.2, 0.25) is 0 Å². The Bertz CT molecular complexity index is 1530. The summed E-state index contributed by atoms with van der Waals surface area (Å²) in [5, 5.41) is 9.45. The van der Waals surface area contributed by atoms with Gasteiger partial charge in [0.25, 0.3) is 0 Å². The number of piperazine rings is 1. The van der Waals surface area contributed by atoms with Crippen molar-refractivity contribution in [1.82, 2.24) is 29.0 Å². The largest absolute Gasteiger partial charge is 0.339 e. The van der Waals surface area contributed by atoms with Gasteiger partial charge >= 0.3 is 0 Å². The molecule has 2 aromatic heterocycles. The predicted molar refractivity (Wildman–Crippen MR) is 147 cm³/mol. The van der Waals surface area contributed by atoms with Crippen molar-refractivity contribution in [2.45, 2.75) is 23.9 Å². The topological polar surface area (TPSA) is 101 Å². The van der Waals surface area contributed by atoms with Gasteiger partial charge in [-0.25, -0.2) is 8.42 Å². The molecule has 0 aliphatic carbocycles. The molecule has 11 heteroatoms. The van der Waals surface area contributed by atoms with Crippen LogP contribution in [0.4, 0.5) is 0 Å². The van der Waals surface area contributed by atoms with Crippen molar-refractivity contribution in [3.63, 3.8) is 0 Å². The molecule has 196 valence electrons. The fourth-order valence-corrected chi connectivity index (χ4v) is 6.61. The number of para-hydroxylation sites is 1. The molecule has 0 spiro atoms. The molecular formula is C27H28N6O3S2. The summed E-state index contributed by atoms with van der Waals surface area (Å²) in [5.41, 5.74) is 3.87. The molecule has 1 aliphatic rings. The second-order valence-electron chi connectivity index (χ2n) is 9.05. The number of amides is 1. The fourth-order valence-electron chi connectivity index (χ4n) is 4.34. The lowest BCUT2D eigenvalue weighted by molar-refractivity contribution is -0.129. The highest BCUT2D eigenvalue weighted by molar-refractivity contribution is 7.99. The van der Waals surface area contributed by atoms with Crippen molar-refractivity contribution >= 4 is 27.7 Å². The van der Waals surface area contributed by atoms with Gasteiger partial charge in [0.15, 0.2) is 11.0 Å². The molecule has 1 fully saturated rings. The van der Waals surface area contributed by atoms with Crippen LogP contribution in [-0.4, -0.2) is 75.2 Å². The Balaban J connectivity index is 1.28. The monoisotopic (exact) mass is 548 g/mol. The molecule has 3 heterocycles. The van der Waals surface area contributed by atoms with Gasteiger partial charge in [0.2, 0.25) is 15.9 Å². The van der Waals surface area contributed by atoms with E-state index in [1.54, 1.807) is 41.6 Å². The van der Waals surface area contributed by atoms with Crippen molar-refractivity contribution in [2.24, 2.45) is 0 Å². The Hall–Kier alpha value is -3.54. The maximum atomic E-state index is 13.1. The molecule has 0 atom stereocenters. The van der Waals surface area contributed by atoms with Gasteiger partial charge in [-0.1, -0.05) is 47.7 Å². The van der Waals surface area contributed by atoms with E-state index in [4.69, 9.17) is 0 Å². The van der Waals surface area contributed by atoms with Crippen LogP contribution >= 0.6 is 11.8 Å². The average molecular weight is 549 g/mol. The van der Waals surface area contributed by atoms with Crippen LogP contribution in [0, 0.1) is 13.8 Å². The standard InChI is InChI=1S/C27H28N6O3S2/c1-20-7-9-23(10-8-20)38(35,36)32-17-15-31(16-18-32)25(34)19-37-27-30-29-26(22-11-13-28-14-12-22)33(27)24-6-4-3-5-21(24)2/h3-14H,15-19H2,1-2H3. The number of sulfonamides is 1. The summed E-state index contributed by atoms with van der Waals surface area (Å²) in [7, 11) is -3.58. The Kier molecular flexibility index (Phi) is 7.59. The summed E-state index contributed by atoms with van der Waals surface area (Å²) in [6, 6.07) is 18.6. The molecule has 1 aliphatic heterocycles. The Morgan fingerprint density at radius 1 is 0.895 bits per heavy atom. The van der Waals surface area contributed by atoms with Gasteiger partial charge in [-0.2, -0.15) is 4.31 Å². The van der Waals surface area contributed by atoms with E-state index in [0.717, 1.165) is 22.4 Å². The number of aromatic nitrogens is 4. The highest BCUT2D eigenvalue weighted by Crippen LogP contribution is 2.29. The highest BCUT2D eigenvalue weighted by Gasteiger charge is 2.30. The van der Waals surface area contributed by atoms with E-state index >= 15 is 0 Å². The number of thioether (sulfide) groups is 1. The van der Waals surface area contributed by atoms with Crippen molar-refractivity contribution < 1.29 is 13.2 Å². The molecule has 0 radical (unpaired) electrons. The molecule has 9 nitrogen and oxygen atoms in total. The van der Waals surface area contributed by atoms with E-state index in [-0.39, 0.29) is 29.6 Å². The SMILES string of the molecule is Cc1ccc(S(=O)(=O)N2CCN(C(=O)CSc3nnc(-c4ccncc4)n3-c3ccccc3C)CC2)cc1. The van der Waals surface area contributed by atoms with Crippen LogP contribution in [0.3, 0.4) is 0 Å². The smallest absolute Gasteiger partial charge is 0.243 e. The third-order valence-corrected chi connectivity index (χ3v) is 9.33. The first kappa shape index (κ1) is 26.1. The molecule has 0 unspecified atom stereocenters. The number of pyridine rings is 1. The zero-order chi connectivity index (χ0) is 26.7. The van der Waals surface area contributed by atoms with Crippen LogP contribution in [0.25, 0.3) is 17.1 Å². The molecule has 1 amide bonds. The lowest BCUT2D eigenvalue weighted by Gasteiger charge is -2.34. The van der Waals surface area contributed by atoms with Gasteiger partial charge in [0.1, 0.15) is 0 Å². The normalized spacial score (nSPS) is 14.5. The van der Waals surface area contributed by atoms with Gasteiger partial charge in [-0.15, -0.1) is 10.2 Å². The van der Waals surface area contributed by atoms with Gasteiger partial charge in [-0.05, 0) is 49.7 Å². The molecular weight excluding hydrogens is 520 g/mol. The Morgan fingerprint density at radius 2 is 1.58 bits per heavy atom. The fraction of sp³-hybridized carbons (Fsp3) is 0.259. The van der Waals surface area contributed by atoms with E-state index in [9.17, 15) is 13.2 Å². The van der Waals surface area contributed by atoms with Crippen LogP contribution in [0.5, 0.6) is 0 Å². The minimum atomic E-state index is -3.58. The number of carbonyl (C=O) groups excluding carboxylic acids is 1. The number of hydrogen-bond acceptors (Lipinski definition) is 7. The molecule has 0 bridgehead atoms. The lowest BCUT2D eigenvalue weighted by Crippen LogP contribution is -2.50. The summed E-state index contributed by atoms with van der Waals surface area (Å²) in [6.45, 7) is 5.16. The predicted octanol–water partition coefficient (Wildman–Crippen LogP) is 3.57. The Morgan fingerprint density at radius 3 is 2.26 bits per heavy atom. The first-order valence-electron chi connectivity index (χ1n) is 12.2. The van der Waals surface area contributed by atoms with Crippen molar-refractivity contribution in [2.75, 3.05) is 31.9 Å². The second-order valence-corrected chi connectivity index (χ2v) is 11.9. The van der Waals surface area contributed by atoms with Gasteiger partial charge in [-0.3, -0.25) is 14.3 Å². The van der Waals surface area contributed by atoms with Crippen LogP contribution in [0.15, 0.2) is 83.1 Å². The average Bonchev–Trinajstić information content (AvgIpc) is 3.36. The van der Waals surface area contributed by atoms with Crippen LogP contribution in [0.1, 0.15) is 11.1 Å². The van der Waals surface area contributed by atoms with Gasteiger partial charge in [0.05, 0.1) is 16.3 Å². The quantitative estimate of drug-likeness (QED) is 0.326. The zero-order valence-corrected chi connectivity index (χ0v) is 22.8. The number of benzene rings is 2. The second kappa shape index (κ2) is 11.1. The number of aryl methyl sites for hydroxylation is 2. The summed E-state index contributed by atoms with van der Waals surface area (Å²) >= 11 is 1.32. The van der Waals surface area contributed by atoms with Gasteiger partial charge in [0, 0.05) is 44.1 Å². The first-order valence-corrected chi connectivity index (χ1v) is 14.7. The molecule has 0 saturated carbocycles. The van der Waals surface area contributed by atoms with Gasteiger partial charge < -0.3 is 4.90 Å². The zero-order valence-electron chi connectivity index (χ0n) is 21.2. The summed E-state index contributed by atoms with van der Waals surface area (Å²) in [6.07, 6.45) is 3.42. The van der Waals surface area contributed by atoms with Crippen molar-refractivity contribution in [3.05, 3.63) is 84.2 Å². The molecule has 4 aromatic rings. The van der Waals surface area contributed by atoms with Crippen LogP contribution in [-0.2, 0) is 14.8 Å². The van der Waals surface area contributed by atoms with E-state index in [0.29, 0.717) is 24.1 Å². The molecule has 1 saturated heterocycles. The molecule has 0 N–H and O–H groups in total. The molecule has 38 heavy (non-hydrogen) atoms. The minimum Gasteiger partial charge on any atom is -0.339 e. The number of carbonyl (C=O) groups is 1. The number of rotatable bonds is 7. The van der Waals surface area contributed by atoms with E-state index in [2.05, 4.69) is 15.2 Å². The number of hydrogen-bond donors (Lipinski definition) is 0. The van der Waals surface area contributed by atoms with E-state index in [1.165, 1.54) is 16.1 Å². The van der Waals surface area contributed by atoms with E-state index in [1.807, 2.05) is 54.8 Å². The van der Waals surface area contributed by atoms with Crippen molar-refractivity contribution in [3.8, 4) is 17.1 Å². The van der Waals surface area contributed by atoms with E-state index < -0.39 is 10.0 Å². The first-order chi connectivity index (χ1) is 18.3. The minimum absolute atomic E-state index is 0.0628. The molecule has 2 aromatic carbocycles.